The van der Waals surface area contributed by atoms with Gasteiger partial charge in [-0.15, -0.1) is 0 Å². The Morgan fingerprint density at radius 3 is 2.29 bits per heavy atom. The third kappa shape index (κ3) is 2.53. The molecule has 1 aromatic heterocycles. The van der Waals surface area contributed by atoms with Gasteiger partial charge >= 0.3 is 0 Å². The summed E-state index contributed by atoms with van der Waals surface area (Å²) in [5.74, 6) is -0.483. The van der Waals surface area contributed by atoms with Crippen molar-refractivity contribution in [3.8, 4) is 29.5 Å². The van der Waals surface area contributed by atoms with Gasteiger partial charge in [-0.05, 0) is 34.9 Å². The molecule has 0 aliphatic heterocycles. The van der Waals surface area contributed by atoms with Crippen LogP contribution in [0.4, 0.5) is 4.39 Å². The number of nitrogens with zero attached hydrogens (tertiary/aromatic N) is 4. The SMILES string of the molecule is N#C/C=C1/C(=C2/c3ccccc3-c3ncccc32)C(=C(C#N)C#N)c2cc(F)ccc21. The largest absolute Gasteiger partial charge is 0.256 e. The molecule has 0 saturated carbocycles. The summed E-state index contributed by atoms with van der Waals surface area (Å²) in [5, 5.41) is 28.9. The summed E-state index contributed by atoms with van der Waals surface area (Å²) in [6, 6.07) is 21.7. The Labute approximate surface area is 177 Å². The van der Waals surface area contributed by atoms with E-state index in [0.29, 0.717) is 27.8 Å². The van der Waals surface area contributed by atoms with E-state index in [-0.39, 0.29) is 5.57 Å². The van der Waals surface area contributed by atoms with Crippen LogP contribution in [0, 0.1) is 39.8 Å². The lowest BCUT2D eigenvalue weighted by Crippen LogP contribution is -1.94. The predicted octanol–water partition coefficient (Wildman–Crippen LogP) is 5.42. The quantitative estimate of drug-likeness (QED) is 0.370. The van der Waals surface area contributed by atoms with Gasteiger partial charge in [0.15, 0.2) is 0 Å². The van der Waals surface area contributed by atoms with Crippen molar-refractivity contribution in [2.75, 3.05) is 0 Å². The van der Waals surface area contributed by atoms with Crippen molar-refractivity contribution < 1.29 is 4.39 Å². The summed E-state index contributed by atoms with van der Waals surface area (Å²) in [6.45, 7) is 0. The van der Waals surface area contributed by atoms with E-state index >= 15 is 0 Å². The zero-order valence-corrected chi connectivity index (χ0v) is 16.0. The van der Waals surface area contributed by atoms with E-state index in [1.165, 1.54) is 18.2 Å². The topological polar surface area (TPSA) is 84.3 Å². The highest BCUT2D eigenvalue weighted by atomic mass is 19.1. The molecule has 2 aliphatic carbocycles. The van der Waals surface area contributed by atoms with Crippen molar-refractivity contribution in [1.29, 1.82) is 15.8 Å². The Morgan fingerprint density at radius 1 is 0.806 bits per heavy atom. The summed E-state index contributed by atoms with van der Waals surface area (Å²) in [4.78, 5) is 4.54. The Bertz CT molecular complexity index is 1450. The second kappa shape index (κ2) is 6.92. The van der Waals surface area contributed by atoms with Gasteiger partial charge in [-0.25, -0.2) is 4.39 Å². The maximum atomic E-state index is 14.2. The number of hydrogen-bond donors (Lipinski definition) is 0. The summed E-state index contributed by atoms with van der Waals surface area (Å²) >= 11 is 0. The molecular formula is C26H11FN4. The number of fused-ring (bicyclic) bond motifs is 4. The van der Waals surface area contributed by atoms with E-state index in [1.807, 2.05) is 48.5 Å². The van der Waals surface area contributed by atoms with Gasteiger partial charge in [0.25, 0.3) is 0 Å². The van der Waals surface area contributed by atoms with Crippen LogP contribution in [0.2, 0.25) is 0 Å². The number of aromatic nitrogens is 1. The number of pyridine rings is 1. The zero-order chi connectivity index (χ0) is 21.5. The van der Waals surface area contributed by atoms with Crippen molar-refractivity contribution in [3.63, 3.8) is 0 Å². The molecule has 2 aliphatic rings. The number of nitriles is 3. The standard InChI is InChI=1S/C26H11FN4/c27-16-7-8-17-19(9-10-28)25(23(22(17)12-16)15(13-29)14-30)24-18-4-1-2-5-20(18)26-21(24)6-3-11-31-26/h1-9,11-12H/b19-9+,25-24+. The van der Waals surface area contributed by atoms with Crippen LogP contribution >= 0.6 is 0 Å². The Kier molecular flexibility index (Phi) is 4.07. The normalized spacial score (nSPS) is 16.7. The molecule has 4 nitrogen and oxygen atoms in total. The Morgan fingerprint density at radius 2 is 1.55 bits per heavy atom. The van der Waals surface area contributed by atoms with Crippen molar-refractivity contribution in [1.82, 2.24) is 4.98 Å². The third-order valence-electron chi connectivity index (χ3n) is 5.52. The van der Waals surface area contributed by atoms with E-state index in [2.05, 4.69) is 11.1 Å². The molecule has 0 bridgehead atoms. The summed E-state index contributed by atoms with van der Waals surface area (Å²) < 4.78 is 14.2. The fourth-order valence-electron chi connectivity index (χ4n) is 4.38. The molecule has 1 heterocycles. The molecule has 0 fully saturated rings. The first-order valence-corrected chi connectivity index (χ1v) is 9.44. The fourth-order valence-corrected chi connectivity index (χ4v) is 4.38. The van der Waals surface area contributed by atoms with E-state index in [1.54, 1.807) is 12.3 Å². The van der Waals surface area contributed by atoms with Crippen LogP contribution in [0.25, 0.3) is 28.0 Å². The minimum Gasteiger partial charge on any atom is -0.256 e. The molecule has 0 N–H and O–H groups in total. The Hall–Kier alpha value is -4.79. The van der Waals surface area contributed by atoms with Crippen molar-refractivity contribution >= 4 is 16.7 Å². The van der Waals surface area contributed by atoms with Crippen LogP contribution in [0.5, 0.6) is 0 Å². The van der Waals surface area contributed by atoms with E-state index in [4.69, 9.17) is 0 Å². The van der Waals surface area contributed by atoms with Crippen LogP contribution in [-0.4, -0.2) is 4.98 Å². The molecule has 0 atom stereocenters. The minimum absolute atomic E-state index is 0.134. The second-order valence-electron chi connectivity index (χ2n) is 7.05. The molecule has 2 aromatic carbocycles. The highest BCUT2D eigenvalue weighted by Crippen LogP contribution is 2.54. The van der Waals surface area contributed by atoms with Crippen molar-refractivity contribution in [2.24, 2.45) is 0 Å². The minimum atomic E-state index is -0.483. The van der Waals surface area contributed by atoms with Gasteiger partial charge in [0.2, 0.25) is 0 Å². The molecule has 31 heavy (non-hydrogen) atoms. The number of hydrogen-bond acceptors (Lipinski definition) is 4. The molecule has 0 spiro atoms. The molecule has 0 saturated heterocycles. The van der Waals surface area contributed by atoms with Gasteiger partial charge in [-0.3, -0.25) is 4.98 Å². The van der Waals surface area contributed by atoms with Gasteiger partial charge in [-0.1, -0.05) is 36.4 Å². The van der Waals surface area contributed by atoms with Gasteiger partial charge in [0.05, 0.1) is 11.8 Å². The van der Waals surface area contributed by atoms with Crippen molar-refractivity contribution in [2.45, 2.75) is 0 Å². The van der Waals surface area contributed by atoms with Gasteiger partial charge < -0.3 is 0 Å². The maximum absolute atomic E-state index is 14.2. The second-order valence-corrected chi connectivity index (χ2v) is 7.05. The van der Waals surface area contributed by atoms with Crippen LogP contribution in [0.3, 0.4) is 0 Å². The van der Waals surface area contributed by atoms with Crippen molar-refractivity contribution in [3.05, 3.63) is 106 Å². The first-order valence-electron chi connectivity index (χ1n) is 9.44. The van der Waals surface area contributed by atoms with E-state index < -0.39 is 5.82 Å². The van der Waals surface area contributed by atoms with E-state index in [9.17, 15) is 20.2 Å². The van der Waals surface area contributed by atoms with Crippen LogP contribution < -0.4 is 0 Å². The lowest BCUT2D eigenvalue weighted by molar-refractivity contribution is 0.627. The average molecular weight is 398 g/mol. The van der Waals surface area contributed by atoms with Gasteiger partial charge in [-0.2, -0.15) is 15.8 Å². The zero-order valence-electron chi connectivity index (χ0n) is 16.0. The summed E-state index contributed by atoms with van der Waals surface area (Å²) in [7, 11) is 0. The van der Waals surface area contributed by atoms with Crippen LogP contribution in [-0.2, 0) is 0 Å². The van der Waals surface area contributed by atoms with Crippen LogP contribution in [0.1, 0.15) is 22.3 Å². The number of rotatable bonds is 0. The third-order valence-corrected chi connectivity index (χ3v) is 5.52. The lowest BCUT2D eigenvalue weighted by Gasteiger charge is -2.12. The van der Waals surface area contributed by atoms with Gasteiger partial charge in [0, 0.05) is 45.7 Å². The molecule has 0 amide bonds. The smallest absolute Gasteiger partial charge is 0.138 e. The summed E-state index contributed by atoms with van der Waals surface area (Å²) in [6.07, 6.45) is 3.09. The molecule has 5 rings (SSSR count). The first kappa shape index (κ1) is 18.3. The molecule has 142 valence electrons. The predicted molar refractivity (Wildman–Crippen MR) is 114 cm³/mol. The van der Waals surface area contributed by atoms with Gasteiger partial charge in [0.1, 0.15) is 23.5 Å². The fraction of sp³-hybridized carbons (Fsp3) is 0. The maximum Gasteiger partial charge on any atom is 0.138 e. The molecule has 3 aromatic rings. The molecule has 5 heteroatoms. The molecule has 0 unspecified atom stereocenters. The monoisotopic (exact) mass is 398 g/mol. The van der Waals surface area contributed by atoms with Crippen LogP contribution in [0.15, 0.2) is 78.0 Å². The number of halogens is 1. The van der Waals surface area contributed by atoms with E-state index in [0.717, 1.165) is 28.0 Å². The highest BCUT2D eigenvalue weighted by molar-refractivity contribution is 6.20. The number of benzene rings is 2. The average Bonchev–Trinajstić information content (AvgIpc) is 3.28. The first-order chi connectivity index (χ1) is 15.2. The summed E-state index contributed by atoms with van der Waals surface area (Å²) in [5.41, 5.74) is 6.57. The lowest BCUT2D eigenvalue weighted by atomic mass is 9.89. The highest BCUT2D eigenvalue weighted by Gasteiger charge is 2.36. The number of allylic oxidation sites excluding steroid dienone is 5. The molecule has 0 radical (unpaired) electrons. The Balaban J connectivity index is 2.02. The molecular weight excluding hydrogens is 387 g/mol.